The van der Waals surface area contributed by atoms with Crippen LogP contribution in [0.1, 0.15) is 23.4 Å². The van der Waals surface area contributed by atoms with E-state index >= 15 is 0 Å². The Morgan fingerprint density at radius 3 is 2.62 bits per heavy atom. The highest BCUT2D eigenvalue weighted by molar-refractivity contribution is 7.89. The van der Waals surface area contributed by atoms with E-state index in [2.05, 4.69) is 10.0 Å². The molecule has 1 aliphatic heterocycles. The fraction of sp³-hybridized carbons (Fsp3) is 0.312. The number of hydrogen-bond acceptors (Lipinski definition) is 5. The van der Waals surface area contributed by atoms with Gasteiger partial charge >= 0.3 is 0 Å². The van der Waals surface area contributed by atoms with Crippen molar-refractivity contribution < 1.29 is 22.4 Å². The predicted octanol–water partition coefficient (Wildman–Crippen LogP) is 1.99. The molecule has 0 aliphatic carbocycles. The van der Waals surface area contributed by atoms with Crippen LogP contribution in [0.2, 0.25) is 0 Å². The summed E-state index contributed by atoms with van der Waals surface area (Å²) in [4.78, 5) is 12.0. The highest BCUT2D eigenvalue weighted by Gasteiger charge is 2.20. The van der Waals surface area contributed by atoms with Crippen molar-refractivity contribution in [2.45, 2.75) is 23.8 Å². The molecule has 7 nitrogen and oxygen atoms in total. The monoisotopic (exact) mass is 350 g/mol. The molecule has 24 heavy (non-hydrogen) atoms. The van der Waals surface area contributed by atoms with Crippen molar-refractivity contribution in [3.05, 3.63) is 48.4 Å². The number of ether oxygens (including phenoxy) is 1. The van der Waals surface area contributed by atoms with Crippen LogP contribution in [-0.2, 0) is 14.8 Å². The maximum Gasteiger partial charge on any atom is 0.291 e. The van der Waals surface area contributed by atoms with Gasteiger partial charge in [0, 0.05) is 18.8 Å². The fourth-order valence-electron chi connectivity index (χ4n) is 2.41. The second-order valence-electron chi connectivity index (χ2n) is 5.44. The zero-order valence-electron chi connectivity index (χ0n) is 12.9. The van der Waals surface area contributed by atoms with Crippen LogP contribution < -0.4 is 10.0 Å². The summed E-state index contributed by atoms with van der Waals surface area (Å²) in [7, 11) is -3.60. The first-order valence-corrected chi connectivity index (χ1v) is 9.09. The van der Waals surface area contributed by atoms with Gasteiger partial charge in [-0.25, -0.2) is 13.1 Å². The van der Waals surface area contributed by atoms with Crippen LogP contribution in [0.3, 0.4) is 0 Å². The number of carbonyl (C=O) groups excluding carboxylic acids is 1. The molecule has 128 valence electrons. The van der Waals surface area contributed by atoms with Gasteiger partial charge in [-0.2, -0.15) is 0 Å². The van der Waals surface area contributed by atoms with Gasteiger partial charge in [-0.1, -0.05) is 0 Å². The average Bonchev–Trinajstić information content (AvgIpc) is 3.27. The molecule has 0 bridgehead atoms. The second kappa shape index (κ2) is 7.16. The van der Waals surface area contributed by atoms with Crippen molar-refractivity contribution in [2.75, 3.05) is 18.5 Å². The van der Waals surface area contributed by atoms with Crippen LogP contribution in [0.5, 0.6) is 0 Å². The molecular formula is C16H18N2O5S. The topological polar surface area (TPSA) is 97.6 Å². The van der Waals surface area contributed by atoms with Gasteiger partial charge in [-0.3, -0.25) is 4.79 Å². The van der Waals surface area contributed by atoms with Crippen LogP contribution in [0.25, 0.3) is 0 Å². The Labute approximate surface area is 140 Å². The first-order valence-electron chi connectivity index (χ1n) is 7.61. The number of anilines is 1. The van der Waals surface area contributed by atoms with Gasteiger partial charge in [-0.15, -0.1) is 0 Å². The number of benzene rings is 1. The van der Waals surface area contributed by atoms with Crippen molar-refractivity contribution in [3.8, 4) is 0 Å². The van der Waals surface area contributed by atoms with Crippen LogP contribution >= 0.6 is 0 Å². The van der Waals surface area contributed by atoms with Crippen LogP contribution in [0, 0.1) is 0 Å². The summed E-state index contributed by atoms with van der Waals surface area (Å²) < 4.78 is 37.4. The van der Waals surface area contributed by atoms with Crippen molar-refractivity contribution in [1.82, 2.24) is 4.72 Å². The van der Waals surface area contributed by atoms with Crippen LogP contribution in [0.15, 0.2) is 52.0 Å². The number of carbonyl (C=O) groups is 1. The van der Waals surface area contributed by atoms with Crippen LogP contribution in [-0.4, -0.2) is 33.6 Å². The predicted molar refractivity (Wildman–Crippen MR) is 87.3 cm³/mol. The lowest BCUT2D eigenvalue weighted by molar-refractivity contribution is 0.0996. The molecule has 1 amide bonds. The summed E-state index contributed by atoms with van der Waals surface area (Å²) in [6.45, 7) is 0.940. The zero-order chi connectivity index (χ0) is 17.0. The molecule has 2 N–H and O–H groups in total. The molecule has 3 rings (SSSR count). The number of rotatable bonds is 6. The Morgan fingerprint density at radius 2 is 2.00 bits per heavy atom. The summed E-state index contributed by atoms with van der Waals surface area (Å²) in [6.07, 6.45) is 3.16. The molecule has 0 radical (unpaired) electrons. The van der Waals surface area contributed by atoms with Crippen LogP contribution in [0.4, 0.5) is 5.69 Å². The summed E-state index contributed by atoms with van der Waals surface area (Å²) in [5, 5.41) is 2.63. The van der Waals surface area contributed by atoms with E-state index in [0.29, 0.717) is 12.3 Å². The molecule has 0 spiro atoms. The summed E-state index contributed by atoms with van der Waals surface area (Å²) >= 11 is 0. The van der Waals surface area contributed by atoms with Crippen molar-refractivity contribution in [3.63, 3.8) is 0 Å². The minimum absolute atomic E-state index is 0.0633. The lowest BCUT2D eigenvalue weighted by atomic mass is 10.2. The number of furan rings is 1. The third-order valence-electron chi connectivity index (χ3n) is 3.69. The van der Waals surface area contributed by atoms with E-state index < -0.39 is 15.9 Å². The minimum Gasteiger partial charge on any atom is -0.459 e. The largest absolute Gasteiger partial charge is 0.459 e. The Balaban J connectivity index is 1.61. The number of nitrogens with one attached hydrogen (secondary N) is 2. The molecule has 1 saturated heterocycles. The van der Waals surface area contributed by atoms with Gasteiger partial charge in [-0.05, 0) is 49.2 Å². The molecule has 0 saturated carbocycles. The molecule has 2 aromatic rings. The van der Waals surface area contributed by atoms with Crippen molar-refractivity contribution >= 4 is 21.6 Å². The maximum atomic E-state index is 12.2. The lowest BCUT2D eigenvalue weighted by Gasteiger charge is -2.11. The maximum absolute atomic E-state index is 12.2. The third-order valence-corrected chi connectivity index (χ3v) is 5.13. The number of hydrogen-bond donors (Lipinski definition) is 2. The Bertz CT molecular complexity index is 778. The van der Waals surface area contributed by atoms with Gasteiger partial charge in [0.05, 0.1) is 17.3 Å². The molecule has 0 unspecified atom stereocenters. The van der Waals surface area contributed by atoms with E-state index in [1.807, 2.05) is 0 Å². The Morgan fingerprint density at radius 1 is 1.21 bits per heavy atom. The van der Waals surface area contributed by atoms with Gasteiger partial charge in [0.25, 0.3) is 5.91 Å². The first kappa shape index (κ1) is 16.7. The Kier molecular flexibility index (Phi) is 4.98. The summed E-state index contributed by atoms with van der Waals surface area (Å²) in [5.41, 5.74) is 0.481. The van der Waals surface area contributed by atoms with E-state index in [4.69, 9.17) is 9.15 Å². The molecule has 1 atom stereocenters. The Hall–Kier alpha value is -2.16. The molecule has 1 fully saturated rings. The van der Waals surface area contributed by atoms with Crippen molar-refractivity contribution in [2.24, 2.45) is 0 Å². The summed E-state index contributed by atoms with van der Waals surface area (Å²) in [6, 6.07) is 9.10. The molecule has 2 heterocycles. The molecular weight excluding hydrogens is 332 g/mol. The molecule has 1 aromatic carbocycles. The van der Waals surface area contributed by atoms with E-state index in [9.17, 15) is 13.2 Å². The standard InChI is InChI=1S/C16H18N2O5S/c19-16(15-4-2-10-23-15)18-12-5-7-14(8-6-12)24(20,21)17-11-13-3-1-9-22-13/h2,4-8,10,13,17H,1,3,9,11H2,(H,18,19)/t13-/m1/s1. The highest BCUT2D eigenvalue weighted by Crippen LogP contribution is 2.16. The van der Waals surface area contributed by atoms with E-state index in [1.54, 1.807) is 12.1 Å². The molecule has 1 aromatic heterocycles. The lowest BCUT2D eigenvalue weighted by Crippen LogP contribution is -2.31. The van der Waals surface area contributed by atoms with Crippen molar-refractivity contribution in [1.29, 1.82) is 0 Å². The molecule has 1 aliphatic rings. The smallest absolute Gasteiger partial charge is 0.291 e. The first-order chi connectivity index (χ1) is 11.5. The average molecular weight is 350 g/mol. The highest BCUT2D eigenvalue weighted by atomic mass is 32.2. The van der Waals surface area contributed by atoms with E-state index in [1.165, 1.54) is 30.5 Å². The van der Waals surface area contributed by atoms with E-state index in [0.717, 1.165) is 12.8 Å². The van der Waals surface area contributed by atoms with Gasteiger partial charge in [0.15, 0.2) is 5.76 Å². The van der Waals surface area contributed by atoms with Gasteiger partial charge in [0.1, 0.15) is 0 Å². The van der Waals surface area contributed by atoms with E-state index in [-0.39, 0.29) is 23.3 Å². The number of amides is 1. The zero-order valence-corrected chi connectivity index (χ0v) is 13.7. The quantitative estimate of drug-likeness (QED) is 0.830. The SMILES string of the molecule is O=C(Nc1ccc(S(=O)(=O)NC[C@H]2CCCO2)cc1)c1ccco1. The summed E-state index contributed by atoms with van der Waals surface area (Å²) in [5.74, 6) is -0.211. The minimum atomic E-state index is -3.60. The molecule has 8 heteroatoms. The number of sulfonamides is 1. The van der Waals surface area contributed by atoms with Gasteiger partial charge in [0.2, 0.25) is 10.0 Å². The third kappa shape index (κ3) is 4.02. The second-order valence-corrected chi connectivity index (χ2v) is 7.21. The fourth-order valence-corrected chi connectivity index (χ4v) is 3.48. The van der Waals surface area contributed by atoms with Gasteiger partial charge < -0.3 is 14.5 Å². The normalized spacial score (nSPS) is 17.8.